The Morgan fingerprint density at radius 1 is 1.75 bits per heavy atom. The Hall–Kier alpha value is -0.870. The molecule has 1 rings (SSSR count). The van der Waals surface area contributed by atoms with E-state index < -0.39 is 0 Å². The van der Waals surface area contributed by atoms with Crippen LogP contribution in [-0.4, -0.2) is 22.7 Å². The van der Waals surface area contributed by atoms with Crippen molar-refractivity contribution in [3.05, 3.63) is 22.4 Å². The van der Waals surface area contributed by atoms with E-state index in [9.17, 15) is 4.79 Å². The van der Waals surface area contributed by atoms with Crippen LogP contribution in [0.1, 0.15) is 11.8 Å². The van der Waals surface area contributed by atoms with Crippen molar-refractivity contribution in [2.24, 2.45) is 0 Å². The van der Waals surface area contributed by atoms with Crippen LogP contribution in [0.4, 0.5) is 0 Å². The Balaban J connectivity index is 2.47. The van der Waals surface area contributed by atoms with E-state index in [-0.39, 0.29) is 5.91 Å². The van der Waals surface area contributed by atoms with Crippen molar-refractivity contribution in [2.45, 2.75) is 13.3 Å². The van der Waals surface area contributed by atoms with E-state index >= 15 is 0 Å². The summed E-state index contributed by atoms with van der Waals surface area (Å²) < 4.78 is 0. The zero-order valence-electron chi connectivity index (χ0n) is 6.86. The first-order valence-electron chi connectivity index (χ1n) is 3.75. The van der Waals surface area contributed by atoms with Crippen LogP contribution >= 0.6 is 11.3 Å². The molecule has 12 heavy (non-hydrogen) atoms. The molecule has 0 spiro atoms. The maximum absolute atomic E-state index is 11.1. The monoisotopic (exact) mass is 185 g/mol. The number of carbonyl (C=O) groups is 1. The molecule has 4 heteroatoms. The number of thiophene rings is 1. The largest absolute Gasteiger partial charge is 0.286 e. The predicted molar refractivity (Wildman–Crippen MR) is 47.2 cm³/mol. The molecule has 0 bridgehead atoms. The van der Waals surface area contributed by atoms with Gasteiger partial charge in [-0.15, -0.1) is 11.3 Å². The molecule has 1 aromatic heterocycles. The third kappa shape index (κ3) is 2.32. The second-order valence-electron chi connectivity index (χ2n) is 2.37. The van der Waals surface area contributed by atoms with Crippen LogP contribution in [0.3, 0.4) is 0 Å². The van der Waals surface area contributed by atoms with E-state index in [4.69, 9.17) is 5.21 Å². The maximum Gasteiger partial charge on any atom is 0.251 e. The highest BCUT2D eigenvalue weighted by atomic mass is 32.1. The second-order valence-corrected chi connectivity index (χ2v) is 3.40. The van der Waals surface area contributed by atoms with Gasteiger partial charge in [-0.25, -0.2) is 5.06 Å². The molecule has 0 unspecified atom stereocenters. The summed E-state index contributed by atoms with van der Waals surface area (Å²) in [4.78, 5) is 12.1. The molecule has 3 nitrogen and oxygen atoms in total. The van der Waals surface area contributed by atoms with Crippen molar-refractivity contribution in [3.63, 3.8) is 0 Å². The molecule has 0 aliphatic heterocycles. The summed E-state index contributed by atoms with van der Waals surface area (Å²) in [5.41, 5.74) is 0. The lowest BCUT2D eigenvalue weighted by atomic mass is 10.3. The molecule has 0 aromatic carbocycles. The topological polar surface area (TPSA) is 40.5 Å². The Kier molecular flexibility index (Phi) is 3.25. The molecule has 1 amide bonds. The number of amides is 1. The van der Waals surface area contributed by atoms with Crippen LogP contribution in [-0.2, 0) is 11.2 Å². The lowest BCUT2D eigenvalue weighted by Gasteiger charge is -2.10. The van der Waals surface area contributed by atoms with Crippen LogP contribution in [0.15, 0.2) is 17.5 Å². The minimum Gasteiger partial charge on any atom is -0.286 e. The van der Waals surface area contributed by atoms with Crippen LogP contribution in [0.5, 0.6) is 0 Å². The molecule has 0 fully saturated rings. The Morgan fingerprint density at radius 3 is 3.00 bits per heavy atom. The van der Waals surface area contributed by atoms with Crippen LogP contribution in [0.2, 0.25) is 0 Å². The van der Waals surface area contributed by atoms with Gasteiger partial charge in [-0.05, 0) is 18.4 Å². The molecule has 0 saturated heterocycles. The highest BCUT2D eigenvalue weighted by Crippen LogP contribution is 2.09. The van der Waals surface area contributed by atoms with Gasteiger partial charge in [-0.3, -0.25) is 10.0 Å². The molecular formula is C8H11NO2S. The van der Waals surface area contributed by atoms with Gasteiger partial charge in [0.05, 0.1) is 6.42 Å². The standard InChI is InChI=1S/C8H11NO2S/c1-2-9(11)8(10)6-7-4-3-5-12-7/h3-5,11H,2,6H2,1H3. The zero-order chi connectivity index (χ0) is 8.97. The van der Waals surface area contributed by atoms with Crippen LogP contribution in [0.25, 0.3) is 0 Å². The highest BCUT2D eigenvalue weighted by Gasteiger charge is 2.09. The molecule has 66 valence electrons. The van der Waals surface area contributed by atoms with E-state index in [1.165, 1.54) is 11.3 Å². The molecular weight excluding hydrogens is 174 g/mol. The summed E-state index contributed by atoms with van der Waals surface area (Å²) >= 11 is 1.52. The summed E-state index contributed by atoms with van der Waals surface area (Å²) in [5, 5.41) is 11.7. The van der Waals surface area contributed by atoms with E-state index in [1.54, 1.807) is 6.92 Å². The Morgan fingerprint density at radius 2 is 2.50 bits per heavy atom. The molecule has 0 radical (unpaired) electrons. The number of likely N-dealkylation sites (N-methyl/N-ethyl adjacent to an activating group) is 1. The van der Waals surface area contributed by atoms with Crippen LogP contribution < -0.4 is 0 Å². The number of hydrogen-bond acceptors (Lipinski definition) is 3. The van der Waals surface area contributed by atoms with Gasteiger partial charge >= 0.3 is 0 Å². The maximum atomic E-state index is 11.1. The molecule has 0 atom stereocenters. The first-order chi connectivity index (χ1) is 5.74. The van der Waals surface area contributed by atoms with Crippen molar-refractivity contribution >= 4 is 17.2 Å². The van der Waals surface area contributed by atoms with Gasteiger partial charge in [0.15, 0.2) is 0 Å². The van der Waals surface area contributed by atoms with E-state index in [1.807, 2.05) is 17.5 Å². The van der Waals surface area contributed by atoms with Crippen LogP contribution in [0, 0.1) is 0 Å². The van der Waals surface area contributed by atoms with Crippen molar-refractivity contribution in [1.82, 2.24) is 5.06 Å². The summed E-state index contributed by atoms with van der Waals surface area (Å²) in [5.74, 6) is -0.250. The van der Waals surface area contributed by atoms with Gasteiger partial charge in [-0.1, -0.05) is 6.07 Å². The minimum atomic E-state index is -0.250. The number of hydrogen-bond donors (Lipinski definition) is 1. The molecule has 0 aliphatic carbocycles. The van der Waals surface area contributed by atoms with Gasteiger partial charge in [0.2, 0.25) is 0 Å². The average Bonchev–Trinajstić information content (AvgIpc) is 2.55. The fourth-order valence-electron chi connectivity index (χ4n) is 0.830. The smallest absolute Gasteiger partial charge is 0.251 e. The van der Waals surface area contributed by atoms with Crippen molar-refractivity contribution in [1.29, 1.82) is 0 Å². The van der Waals surface area contributed by atoms with Gasteiger partial charge in [-0.2, -0.15) is 0 Å². The lowest BCUT2D eigenvalue weighted by molar-refractivity contribution is -0.163. The molecule has 0 aliphatic rings. The molecule has 1 heterocycles. The quantitative estimate of drug-likeness (QED) is 0.573. The minimum absolute atomic E-state index is 0.250. The fourth-order valence-corrected chi connectivity index (χ4v) is 1.53. The number of carbonyl (C=O) groups excluding carboxylic acids is 1. The fraction of sp³-hybridized carbons (Fsp3) is 0.375. The third-order valence-electron chi connectivity index (χ3n) is 1.49. The first kappa shape index (κ1) is 9.22. The summed E-state index contributed by atoms with van der Waals surface area (Å²) in [6.07, 6.45) is 0.294. The Labute approximate surface area is 75.2 Å². The van der Waals surface area contributed by atoms with E-state index in [0.29, 0.717) is 13.0 Å². The normalized spacial score (nSPS) is 9.83. The Bertz CT molecular complexity index is 246. The SMILES string of the molecule is CCN(O)C(=O)Cc1cccs1. The molecule has 1 aromatic rings. The van der Waals surface area contributed by atoms with E-state index in [0.717, 1.165) is 9.94 Å². The summed E-state index contributed by atoms with van der Waals surface area (Å²) in [6, 6.07) is 3.77. The summed E-state index contributed by atoms with van der Waals surface area (Å²) in [6.45, 7) is 2.07. The number of rotatable bonds is 3. The van der Waals surface area contributed by atoms with Gasteiger partial charge in [0.1, 0.15) is 0 Å². The average molecular weight is 185 g/mol. The van der Waals surface area contributed by atoms with Crippen molar-refractivity contribution in [2.75, 3.05) is 6.54 Å². The first-order valence-corrected chi connectivity index (χ1v) is 4.63. The third-order valence-corrected chi connectivity index (χ3v) is 2.37. The highest BCUT2D eigenvalue weighted by molar-refractivity contribution is 7.10. The predicted octanol–water partition coefficient (Wildman–Crippen LogP) is 1.53. The van der Waals surface area contributed by atoms with Crippen molar-refractivity contribution in [3.8, 4) is 0 Å². The molecule has 1 N–H and O–H groups in total. The lowest BCUT2D eigenvalue weighted by Crippen LogP contribution is -2.28. The van der Waals surface area contributed by atoms with Gasteiger partial charge in [0, 0.05) is 11.4 Å². The van der Waals surface area contributed by atoms with Gasteiger partial charge in [0.25, 0.3) is 5.91 Å². The van der Waals surface area contributed by atoms with Crippen molar-refractivity contribution < 1.29 is 10.0 Å². The molecule has 0 saturated carbocycles. The zero-order valence-corrected chi connectivity index (χ0v) is 7.67. The second kappa shape index (κ2) is 4.23. The van der Waals surface area contributed by atoms with E-state index in [2.05, 4.69) is 0 Å². The number of nitrogens with zero attached hydrogens (tertiary/aromatic N) is 1. The number of hydroxylamine groups is 2. The van der Waals surface area contributed by atoms with Gasteiger partial charge < -0.3 is 0 Å². The summed E-state index contributed by atoms with van der Waals surface area (Å²) in [7, 11) is 0.